The molecular formula is C19H26N4O2. The number of rotatable bonds is 7. The normalized spacial score (nSPS) is 10.6. The van der Waals surface area contributed by atoms with Crippen LogP contribution in [0.5, 0.6) is 5.75 Å². The monoisotopic (exact) mass is 342 g/mol. The summed E-state index contributed by atoms with van der Waals surface area (Å²) >= 11 is 0. The topological polar surface area (TPSA) is 67.4 Å². The summed E-state index contributed by atoms with van der Waals surface area (Å²) in [6.45, 7) is 10.9. The number of para-hydroxylation sites is 2. The van der Waals surface area contributed by atoms with Crippen molar-refractivity contribution in [2.45, 2.75) is 40.7 Å². The molecule has 2 rings (SSSR count). The molecule has 6 heteroatoms. The maximum atomic E-state index is 12.6. The summed E-state index contributed by atoms with van der Waals surface area (Å²) in [5.41, 5.74) is 1.19. The first-order valence-electron chi connectivity index (χ1n) is 8.62. The number of nitrogens with one attached hydrogen (secondary N) is 1. The van der Waals surface area contributed by atoms with Crippen LogP contribution in [-0.2, 0) is 0 Å². The van der Waals surface area contributed by atoms with Gasteiger partial charge in [0.1, 0.15) is 23.1 Å². The maximum absolute atomic E-state index is 12.6. The van der Waals surface area contributed by atoms with Gasteiger partial charge in [0, 0.05) is 19.2 Å². The van der Waals surface area contributed by atoms with E-state index < -0.39 is 0 Å². The van der Waals surface area contributed by atoms with Crippen molar-refractivity contribution in [3.63, 3.8) is 0 Å². The first-order valence-corrected chi connectivity index (χ1v) is 8.62. The predicted molar refractivity (Wildman–Crippen MR) is 99.5 cm³/mol. The van der Waals surface area contributed by atoms with Gasteiger partial charge >= 0.3 is 0 Å². The number of nitrogens with zero attached hydrogens (tertiary/aromatic N) is 3. The summed E-state index contributed by atoms with van der Waals surface area (Å²) in [7, 11) is 0. The Labute approximate surface area is 149 Å². The molecule has 0 bridgehead atoms. The Bertz CT molecular complexity index is 727. The summed E-state index contributed by atoms with van der Waals surface area (Å²) in [6, 6.07) is 9.34. The second-order valence-corrected chi connectivity index (χ2v) is 5.95. The molecule has 1 amide bonds. The van der Waals surface area contributed by atoms with Crippen LogP contribution in [0.15, 0.2) is 30.3 Å². The largest absolute Gasteiger partial charge is 0.489 e. The van der Waals surface area contributed by atoms with Gasteiger partial charge in [-0.1, -0.05) is 12.1 Å². The van der Waals surface area contributed by atoms with Gasteiger partial charge in [-0.15, -0.1) is 0 Å². The Kier molecular flexibility index (Phi) is 6.33. The lowest BCUT2D eigenvalue weighted by Gasteiger charge is -2.19. The average Bonchev–Trinajstić information content (AvgIpc) is 2.56. The zero-order valence-electron chi connectivity index (χ0n) is 15.5. The van der Waals surface area contributed by atoms with Crippen LogP contribution in [0.3, 0.4) is 0 Å². The standard InChI is InChI=1S/C19H26N4O2/c1-6-23(7-2)19(24)16-12-18(21-14(5)20-16)22-15-10-8-9-11-17(15)25-13(3)4/h8-13H,6-7H2,1-5H3,(H,20,21,22). The highest BCUT2D eigenvalue weighted by atomic mass is 16.5. The third-order valence-electron chi connectivity index (χ3n) is 3.62. The Morgan fingerprint density at radius 2 is 1.88 bits per heavy atom. The summed E-state index contributed by atoms with van der Waals surface area (Å²) in [4.78, 5) is 23.0. The molecule has 0 radical (unpaired) electrons. The highest BCUT2D eigenvalue weighted by Crippen LogP contribution is 2.27. The Morgan fingerprint density at radius 3 is 2.52 bits per heavy atom. The third-order valence-corrected chi connectivity index (χ3v) is 3.62. The van der Waals surface area contributed by atoms with Crippen LogP contribution < -0.4 is 10.1 Å². The van der Waals surface area contributed by atoms with Crippen molar-refractivity contribution in [1.29, 1.82) is 0 Å². The van der Waals surface area contributed by atoms with E-state index in [-0.39, 0.29) is 12.0 Å². The summed E-state index contributed by atoms with van der Waals surface area (Å²) in [5.74, 6) is 1.77. The van der Waals surface area contributed by atoms with E-state index in [1.54, 1.807) is 17.9 Å². The van der Waals surface area contributed by atoms with Gasteiger partial charge in [-0.3, -0.25) is 4.79 Å². The number of anilines is 2. The first-order chi connectivity index (χ1) is 11.9. The van der Waals surface area contributed by atoms with Gasteiger partial charge in [0.2, 0.25) is 0 Å². The number of aromatic nitrogens is 2. The SMILES string of the molecule is CCN(CC)C(=O)c1cc(Nc2ccccc2OC(C)C)nc(C)n1. The van der Waals surface area contributed by atoms with Crippen molar-refractivity contribution in [2.24, 2.45) is 0 Å². The van der Waals surface area contributed by atoms with Gasteiger partial charge in [-0.05, 0) is 46.8 Å². The molecule has 0 saturated carbocycles. The van der Waals surface area contributed by atoms with E-state index in [0.29, 0.717) is 30.4 Å². The number of hydrogen-bond donors (Lipinski definition) is 1. The lowest BCUT2D eigenvalue weighted by molar-refractivity contribution is 0.0766. The fraction of sp³-hybridized carbons (Fsp3) is 0.421. The molecule has 0 fully saturated rings. The van der Waals surface area contributed by atoms with E-state index in [2.05, 4.69) is 15.3 Å². The van der Waals surface area contributed by atoms with Crippen LogP contribution in [0.1, 0.15) is 44.0 Å². The predicted octanol–water partition coefficient (Wildman–Crippen LogP) is 3.80. The van der Waals surface area contributed by atoms with Crippen molar-refractivity contribution >= 4 is 17.4 Å². The van der Waals surface area contributed by atoms with Crippen LogP contribution in [0.2, 0.25) is 0 Å². The summed E-state index contributed by atoms with van der Waals surface area (Å²) in [6.07, 6.45) is 0.0647. The number of benzene rings is 1. The van der Waals surface area contributed by atoms with Crippen molar-refractivity contribution in [3.8, 4) is 5.75 Å². The average molecular weight is 342 g/mol. The van der Waals surface area contributed by atoms with Crippen molar-refractivity contribution in [1.82, 2.24) is 14.9 Å². The second kappa shape index (κ2) is 8.46. The van der Waals surface area contributed by atoms with E-state index in [1.807, 2.05) is 52.0 Å². The maximum Gasteiger partial charge on any atom is 0.272 e. The fourth-order valence-corrected chi connectivity index (χ4v) is 2.48. The minimum absolute atomic E-state index is 0.0647. The minimum atomic E-state index is -0.0923. The summed E-state index contributed by atoms with van der Waals surface area (Å²) < 4.78 is 5.82. The molecule has 134 valence electrons. The molecule has 0 unspecified atom stereocenters. The van der Waals surface area contributed by atoms with Crippen LogP contribution in [0.25, 0.3) is 0 Å². The molecule has 0 spiro atoms. The zero-order chi connectivity index (χ0) is 18.4. The van der Waals surface area contributed by atoms with Gasteiger partial charge < -0.3 is 15.0 Å². The Balaban J connectivity index is 2.31. The fourth-order valence-electron chi connectivity index (χ4n) is 2.48. The molecule has 0 aliphatic carbocycles. The summed E-state index contributed by atoms with van der Waals surface area (Å²) in [5, 5.41) is 3.24. The molecule has 1 N–H and O–H groups in total. The van der Waals surface area contributed by atoms with Gasteiger partial charge in [-0.2, -0.15) is 0 Å². The number of aryl methyl sites for hydroxylation is 1. The van der Waals surface area contributed by atoms with Crippen LogP contribution in [0.4, 0.5) is 11.5 Å². The van der Waals surface area contributed by atoms with E-state index in [1.165, 1.54) is 0 Å². The van der Waals surface area contributed by atoms with Gasteiger partial charge in [0.15, 0.2) is 0 Å². The minimum Gasteiger partial charge on any atom is -0.489 e. The highest BCUT2D eigenvalue weighted by molar-refractivity contribution is 5.93. The molecule has 6 nitrogen and oxygen atoms in total. The second-order valence-electron chi connectivity index (χ2n) is 5.95. The molecule has 0 saturated heterocycles. The first kappa shape index (κ1) is 18.7. The number of ether oxygens (including phenoxy) is 1. The zero-order valence-corrected chi connectivity index (χ0v) is 15.5. The molecule has 0 aliphatic rings. The van der Waals surface area contributed by atoms with Crippen LogP contribution in [-0.4, -0.2) is 40.0 Å². The molecule has 1 heterocycles. The van der Waals surface area contributed by atoms with Crippen LogP contribution in [0, 0.1) is 6.92 Å². The van der Waals surface area contributed by atoms with E-state index >= 15 is 0 Å². The van der Waals surface area contributed by atoms with Gasteiger partial charge in [-0.25, -0.2) is 9.97 Å². The molecule has 1 aromatic carbocycles. The molecule has 0 atom stereocenters. The lowest BCUT2D eigenvalue weighted by Crippen LogP contribution is -2.31. The number of carbonyl (C=O) groups is 1. The van der Waals surface area contributed by atoms with Gasteiger partial charge in [0.05, 0.1) is 11.8 Å². The van der Waals surface area contributed by atoms with Crippen molar-refractivity contribution in [3.05, 3.63) is 41.9 Å². The quantitative estimate of drug-likeness (QED) is 0.829. The van der Waals surface area contributed by atoms with E-state index in [9.17, 15) is 4.79 Å². The Morgan fingerprint density at radius 1 is 1.20 bits per heavy atom. The molecule has 2 aromatic rings. The molecule has 25 heavy (non-hydrogen) atoms. The number of hydrogen-bond acceptors (Lipinski definition) is 5. The molecule has 1 aromatic heterocycles. The van der Waals surface area contributed by atoms with Gasteiger partial charge in [0.25, 0.3) is 5.91 Å². The Hall–Kier alpha value is -2.63. The number of carbonyl (C=O) groups excluding carboxylic acids is 1. The third kappa shape index (κ3) is 4.92. The lowest BCUT2D eigenvalue weighted by atomic mass is 10.2. The van der Waals surface area contributed by atoms with E-state index in [4.69, 9.17) is 4.74 Å². The van der Waals surface area contributed by atoms with Crippen molar-refractivity contribution < 1.29 is 9.53 Å². The highest BCUT2D eigenvalue weighted by Gasteiger charge is 2.16. The molecular weight excluding hydrogens is 316 g/mol. The van der Waals surface area contributed by atoms with E-state index in [0.717, 1.165) is 11.4 Å². The smallest absolute Gasteiger partial charge is 0.272 e. The van der Waals surface area contributed by atoms with Crippen LogP contribution >= 0.6 is 0 Å². The number of amides is 1. The molecule has 0 aliphatic heterocycles. The van der Waals surface area contributed by atoms with Crippen molar-refractivity contribution in [2.75, 3.05) is 18.4 Å².